The van der Waals surface area contributed by atoms with Gasteiger partial charge in [-0.2, -0.15) is 0 Å². The van der Waals surface area contributed by atoms with Gasteiger partial charge in [-0.25, -0.2) is 4.39 Å². The third-order valence-electron chi connectivity index (χ3n) is 4.92. The van der Waals surface area contributed by atoms with Gasteiger partial charge in [0, 0.05) is 30.8 Å². The summed E-state index contributed by atoms with van der Waals surface area (Å²) in [7, 11) is 0. The molecule has 0 saturated carbocycles. The van der Waals surface area contributed by atoms with Crippen molar-refractivity contribution >= 4 is 11.7 Å². The second kappa shape index (κ2) is 8.44. The maximum Gasteiger partial charge on any atom is 0.253 e. The van der Waals surface area contributed by atoms with E-state index in [9.17, 15) is 14.0 Å². The summed E-state index contributed by atoms with van der Waals surface area (Å²) >= 11 is 0. The predicted molar refractivity (Wildman–Crippen MR) is 102 cm³/mol. The van der Waals surface area contributed by atoms with Crippen LogP contribution < -0.4 is 0 Å². The number of carbonyl (C=O) groups is 2. The molecule has 0 bridgehead atoms. The average molecular weight is 369 g/mol. The predicted octanol–water partition coefficient (Wildman–Crippen LogP) is 4.34. The van der Waals surface area contributed by atoms with Crippen LogP contribution in [0.15, 0.2) is 42.5 Å². The first-order chi connectivity index (χ1) is 13.0. The molecular weight excluding hydrogens is 345 g/mol. The highest BCUT2D eigenvalue weighted by atomic mass is 19.1. The van der Waals surface area contributed by atoms with Gasteiger partial charge in [-0.15, -0.1) is 0 Å². The lowest BCUT2D eigenvalue weighted by molar-refractivity contribution is 0.0539. The van der Waals surface area contributed by atoms with Crippen molar-refractivity contribution in [2.75, 3.05) is 19.7 Å². The lowest BCUT2D eigenvalue weighted by atomic mass is 9.96. The number of ketones is 1. The highest BCUT2D eigenvalue weighted by Gasteiger charge is 2.22. The molecule has 0 radical (unpaired) electrons. The number of amides is 1. The summed E-state index contributed by atoms with van der Waals surface area (Å²) in [5.41, 5.74) is 2.27. The SMILES string of the molecule is CCN(C[C@H]1CCCO1)C(=O)c1ccc(-c2cc(F)ccc2C(C)=O)cc1. The Bertz CT molecular complexity index is 826. The van der Waals surface area contributed by atoms with Gasteiger partial charge in [0.25, 0.3) is 5.91 Å². The van der Waals surface area contributed by atoms with E-state index in [1.807, 2.05) is 6.92 Å². The van der Waals surface area contributed by atoms with Crippen LogP contribution in [0.5, 0.6) is 0 Å². The van der Waals surface area contributed by atoms with Crippen LogP contribution in [0.1, 0.15) is 47.4 Å². The molecule has 0 unspecified atom stereocenters. The number of Topliss-reactive ketones (excluding diaryl/α,β-unsaturated/α-hetero) is 1. The average Bonchev–Trinajstić information content (AvgIpc) is 3.18. The zero-order chi connectivity index (χ0) is 19.4. The smallest absolute Gasteiger partial charge is 0.253 e. The van der Waals surface area contributed by atoms with Crippen LogP contribution in [0.2, 0.25) is 0 Å². The highest BCUT2D eigenvalue weighted by Crippen LogP contribution is 2.26. The van der Waals surface area contributed by atoms with Crippen LogP contribution in [-0.4, -0.2) is 42.4 Å². The summed E-state index contributed by atoms with van der Waals surface area (Å²) in [4.78, 5) is 26.4. The van der Waals surface area contributed by atoms with Gasteiger partial charge in [0.2, 0.25) is 0 Å². The zero-order valence-electron chi connectivity index (χ0n) is 15.7. The monoisotopic (exact) mass is 369 g/mol. The van der Waals surface area contributed by atoms with E-state index < -0.39 is 5.82 Å². The molecular formula is C22H24FNO3. The zero-order valence-corrected chi connectivity index (χ0v) is 15.7. The Morgan fingerprint density at radius 2 is 1.93 bits per heavy atom. The van der Waals surface area contributed by atoms with Crippen molar-refractivity contribution in [3.05, 3.63) is 59.4 Å². The minimum Gasteiger partial charge on any atom is -0.376 e. The van der Waals surface area contributed by atoms with Crippen molar-refractivity contribution in [1.82, 2.24) is 4.90 Å². The number of hydrogen-bond acceptors (Lipinski definition) is 3. The minimum absolute atomic E-state index is 0.0504. The fraction of sp³-hybridized carbons (Fsp3) is 0.364. The number of nitrogens with zero attached hydrogens (tertiary/aromatic N) is 1. The van der Waals surface area contributed by atoms with E-state index in [0.29, 0.717) is 35.3 Å². The van der Waals surface area contributed by atoms with E-state index in [1.54, 1.807) is 29.2 Å². The van der Waals surface area contributed by atoms with Crippen LogP contribution in [0, 0.1) is 5.82 Å². The van der Waals surface area contributed by atoms with Crippen LogP contribution in [0.25, 0.3) is 11.1 Å². The highest BCUT2D eigenvalue weighted by molar-refractivity contribution is 6.01. The van der Waals surface area contributed by atoms with Gasteiger partial charge >= 0.3 is 0 Å². The van der Waals surface area contributed by atoms with Gasteiger partial charge in [0.1, 0.15) is 5.82 Å². The van der Waals surface area contributed by atoms with E-state index in [1.165, 1.54) is 25.1 Å². The molecule has 142 valence electrons. The fourth-order valence-corrected chi connectivity index (χ4v) is 3.43. The number of ether oxygens (including phenoxy) is 1. The van der Waals surface area contributed by atoms with Gasteiger partial charge in [-0.3, -0.25) is 9.59 Å². The molecule has 5 heteroatoms. The van der Waals surface area contributed by atoms with E-state index in [-0.39, 0.29) is 17.8 Å². The van der Waals surface area contributed by atoms with E-state index >= 15 is 0 Å². The van der Waals surface area contributed by atoms with Crippen molar-refractivity contribution in [3.8, 4) is 11.1 Å². The summed E-state index contributed by atoms with van der Waals surface area (Å²) in [6.07, 6.45) is 2.13. The van der Waals surface area contributed by atoms with Crippen LogP contribution in [0.3, 0.4) is 0 Å². The maximum atomic E-state index is 13.7. The molecule has 1 amide bonds. The molecule has 4 nitrogen and oxygen atoms in total. The summed E-state index contributed by atoms with van der Waals surface area (Å²) in [6, 6.07) is 11.1. The molecule has 1 aliphatic rings. The van der Waals surface area contributed by atoms with Gasteiger partial charge in [0.15, 0.2) is 5.78 Å². The van der Waals surface area contributed by atoms with Gasteiger partial charge < -0.3 is 9.64 Å². The topological polar surface area (TPSA) is 46.6 Å². The molecule has 1 atom stereocenters. The second-order valence-corrected chi connectivity index (χ2v) is 6.80. The molecule has 0 N–H and O–H groups in total. The van der Waals surface area contributed by atoms with Crippen LogP contribution in [-0.2, 0) is 4.74 Å². The molecule has 1 aliphatic heterocycles. The Morgan fingerprint density at radius 1 is 1.19 bits per heavy atom. The molecule has 1 heterocycles. The fourth-order valence-electron chi connectivity index (χ4n) is 3.43. The number of benzene rings is 2. The minimum atomic E-state index is -0.399. The summed E-state index contributed by atoms with van der Waals surface area (Å²) < 4.78 is 19.3. The third-order valence-corrected chi connectivity index (χ3v) is 4.92. The Balaban J connectivity index is 1.81. The number of halogens is 1. The molecule has 0 spiro atoms. The largest absolute Gasteiger partial charge is 0.376 e. The Labute approximate surface area is 158 Å². The van der Waals surface area contributed by atoms with Gasteiger partial charge in [-0.05, 0) is 68.1 Å². The lowest BCUT2D eigenvalue weighted by Gasteiger charge is -2.24. The number of hydrogen-bond donors (Lipinski definition) is 0. The summed E-state index contributed by atoms with van der Waals surface area (Å²) in [5.74, 6) is -0.576. The first-order valence-corrected chi connectivity index (χ1v) is 9.31. The molecule has 0 aliphatic carbocycles. The molecule has 0 aromatic heterocycles. The molecule has 3 rings (SSSR count). The molecule has 2 aromatic carbocycles. The molecule has 1 fully saturated rings. The molecule has 27 heavy (non-hydrogen) atoms. The Kier molecular flexibility index (Phi) is 6.01. The normalized spacial score (nSPS) is 16.3. The first kappa shape index (κ1) is 19.2. The second-order valence-electron chi connectivity index (χ2n) is 6.80. The van der Waals surface area contributed by atoms with Crippen LogP contribution >= 0.6 is 0 Å². The summed E-state index contributed by atoms with van der Waals surface area (Å²) in [6.45, 7) is 5.37. The number of likely N-dealkylation sites (N-methyl/N-ethyl adjacent to an activating group) is 1. The standard InChI is InChI=1S/C22H24FNO3/c1-3-24(14-19-5-4-12-27-19)22(26)17-8-6-16(7-9-17)21-13-18(23)10-11-20(21)15(2)25/h6-11,13,19H,3-5,12,14H2,1-2H3/t19-/m1/s1. The number of carbonyl (C=O) groups excluding carboxylic acids is 2. The van der Waals surface area contributed by atoms with Crippen molar-refractivity contribution in [2.24, 2.45) is 0 Å². The van der Waals surface area contributed by atoms with Gasteiger partial charge in [-0.1, -0.05) is 12.1 Å². The van der Waals surface area contributed by atoms with Crippen molar-refractivity contribution < 1.29 is 18.7 Å². The first-order valence-electron chi connectivity index (χ1n) is 9.31. The Hall–Kier alpha value is -2.53. The van der Waals surface area contributed by atoms with Crippen molar-refractivity contribution in [3.63, 3.8) is 0 Å². The maximum absolute atomic E-state index is 13.7. The van der Waals surface area contributed by atoms with Crippen LogP contribution in [0.4, 0.5) is 4.39 Å². The van der Waals surface area contributed by atoms with Gasteiger partial charge in [0.05, 0.1) is 6.10 Å². The molecule has 1 saturated heterocycles. The van der Waals surface area contributed by atoms with Crippen molar-refractivity contribution in [2.45, 2.75) is 32.8 Å². The third kappa shape index (κ3) is 4.42. The Morgan fingerprint density at radius 3 is 2.52 bits per heavy atom. The molecule has 2 aromatic rings. The van der Waals surface area contributed by atoms with E-state index in [0.717, 1.165) is 19.4 Å². The van der Waals surface area contributed by atoms with E-state index in [4.69, 9.17) is 4.74 Å². The van der Waals surface area contributed by atoms with E-state index in [2.05, 4.69) is 0 Å². The number of rotatable bonds is 6. The lowest BCUT2D eigenvalue weighted by Crippen LogP contribution is -2.37. The van der Waals surface area contributed by atoms with Crippen molar-refractivity contribution in [1.29, 1.82) is 0 Å². The quantitative estimate of drug-likeness (QED) is 0.712. The summed E-state index contributed by atoms with van der Waals surface area (Å²) in [5, 5.41) is 0.